The molecule has 0 radical (unpaired) electrons. The highest BCUT2D eigenvalue weighted by Crippen LogP contribution is 2.43. The Morgan fingerprint density at radius 3 is 2.21 bits per heavy atom. The fourth-order valence-corrected chi connectivity index (χ4v) is 3.40. The number of methoxy groups -OCH3 is 3. The zero-order chi connectivity index (χ0) is 19.9. The lowest BCUT2D eigenvalue weighted by Crippen LogP contribution is -2.43. The first-order chi connectivity index (χ1) is 13.5. The first kappa shape index (κ1) is 17.7. The highest BCUT2D eigenvalue weighted by atomic mass is 16.5. The molecule has 0 fully saturated rings. The summed E-state index contributed by atoms with van der Waals surface area (Å²) in [5, 5.41) is 17.8. The Balaban J connectivity index is 1.94. The normalized spacial score (nSPS) is 17.2. The third-order valence-corrected chi connectivity index (χ3v) is 4.85. The molecule has 3 heterocycles. The summed E-state index contributed by atoms with van der Waals surface area (Å²) in [7, 11) is 4.66. The van der Waals surface area contributed by atoms with Crippen molar-refractivity contribution in [1.29, 1.82) is 5.26 Å². The van der Waals surface area contributed by atoms with Crippen molar-refractivity contribution < 1.29 is 14.2 Å². The van der Waals surface area contributed by atoms with E-state index in [1.165, 1.54) is 14.2 Å². The van der Waals surface area contributed by atoms with Gasteiger partial charge in [0.2, 0.25) is 11.8 Å². The Morgan fingerprint density at radius 2 is 1.64 bits per heavy atom. The average molecular weight is 377 g/mol. The molecule has 3 aromatic rings. The molecule has 142 valence electrons. The van der Waals surface area contributed by atoms with Gasteiger partial charge < -0.3 is 24.8 Å². The van der Waals surface area contributed by atoms with Gasteiger partial charge in [-0.2, -0.15) is 15.2 Å². The summed E-state index contributed by atoms with van der Waals surface area (Å²) in [6, 6.07) is 11.6. The molecule has 4 rings (SSSR count). The number of rotatable bonds is 4. The summed E-state index contributed by atoms with van der Waals surface area (Å²) in [6.45, 7) is 1.98. The van der Waals surface area contributed by atoms with Gasteiger partial charge in [-0.25, -0.2) is 0 Å². The van der Waals surface area contributed by atoms with Crippen LogP contribution in [0.2, 0.25) is 0 Å². The molecule has 0 saturated carbocycles. The number of nitrogens with zero attached hydrogens (tertiary/aromatic N) is 3. The van der Waals surface area contributed by atoms with E-state index in [1.807, 2.05) is 31.2 Å². The predicted molar refractivity (Wildman–Crippen MR) is 105 cm³/mol. The Bertz CT molecular complexity index is 1090. The van der Waals surface area contributed by atoms with Crippen LogP contribution in [-0.4, -0.2) is 31.3 Å². The number of ether oxygens (including phenoxy) is 3. The molecular weight excluding hydrogens is 358 g/mol. The molecule has 8 nitrogen and oxygen atoms in total. The van der Waals surface area contributed by atoms with Crippen LogP contribution in [-0.2, 0) is 5.66 Å². The molecule has 1 unspecified atom stereocenters. The van der Waals surface area contributed by atoms with Gasteiger partial charge in [0, 0.05) is 11.5 Å². The smallest absolute Gasteiger partial charge is 0.234 e. The van der Waals surface area contributed by atoms with Gasteiger partial charge in [0.25, 0.3) is 0 Å². The second kappa shape index (κ2) is 6.46. The molecular formula is C20H19N5O3. The summed E-state index contributed by atoms with van der Waals surface area (Å²) in [4.78, 5) is 9.08. The largest absolute Gasteiger partial charge is 0.497 e. The summed E-state index contributed by atoms with van der Waals surface area (Å²) in [5.41, 5.74) is 0.597. The first-order valence-electron chi connectivity index (χ1n) is 8.60. The second-order valence-electron chi connectivity index (χ2n) is 6.50. The van der Waals surface area contributed by atoms with Gasteiger partial charge in [-0.05, 0) is 24.6 Å². The Labute approximate surface area is 162 Å². The molecule has 1 aliphatic rings. The average Bonchev–Trinajstić information content (AvgIpc) is 2.72. The van der Waals surface area contributed by atoms with E-state index in [9.17, 15) is 5.26 Å². The quantitative estimate of drug-likeness (QED) is 0.715. The van der Waals surface area contributed by atoms with Gasteiger partial charge >= 0.3 is 0 Å². The molecule has 2 N–H and O–H groups in total. The highest BCUT2D eigenvalue weighted by Gasteiger charge is 2.35. The van der Waals surface area contributed by atoms with E-state index in [2.05, 4.69) is 26.7 Å². The van der Waals surface area contributed by atoms with Gasteiger partial charge in [0.05, 0.1) is 26.7 Å². The third-order valence-electron chi connectivity index (χ3n) is 4.85. The summed E-state index contributed by atoms with van der Waals surface area (Å²) >= 11 is 0. The van der Waals surface area contributed by atoms with E-state index in [0.29, 0.717) is 33.9 Å². The van der Waals surface area contributed by atoms with Gasteiger partial charge in [0.1, 0.15) is 34.7 Å². The third kappa shape index (κ3) is 2.60. The number of benzene rings is 1. The van der Waals surface area contributed by atoms with Crippen molar-refractivity contribution in [2.45, 2.75) is 12.6 Å². The standard InChI is InChI=1S/C20H19N5O3/c1-20(11-5-7-12(26-2)8-6-11)24-17-16-13(9-15(22-17)27-3)14(10-21)19(28-4)23-18(16)25-20/h5-9H,1-4H3,(H,22,24)(H,23,25). The van der Waals surface area contributed by atoms with Crippen LogP contribution >= 0.6 is 0 Å². The monoisotopic (exact) mass is 377 g/mol. The molecule has 1 atom stereocenters. The zero-order valence-corrected chi connectivity index (χ0v) is 16.0. The maximum absolute atomic E-state index is 9.63. The van der Waals surface area contributed by atoms with E-state index >= 15 is 0 Å². The summed E-state index contributed by atoms with van der Waals surface area (Å²) < 4.78 is 16.0. The molecule has 1 aromatic carbocycles. The van der Waals surface area contributed by atoms with Crippen molar-refractivity contribution in [3.05, 3.63) is 41.5 Å². The lowest BCUT2D eigenvalue weighted by molar-refractivity contribution is 0.395. The minimum absolute atomic E-state index is 0.246. The van der Waals surface area contributed by atoms with Gasteiger partial charge in [-0.1, -0.05) is 12.1 Å². The summed E-state index contributed by atoms with van der Waals surface area (Å²) in [5.74, 6) is 2.56. The Kier molecular flexibility index (Phi) is 4.08. The van der Waals surface area contributed by atoms with Crippen LogP contribution in [0, 0.1) is 11.3 Å². The fourth-order valence-electron chi connectivity index (χ4n) is 3.40. The summed E-state index contributed by atoms with van der Waals surface area (Å²) in [6.07, 6.45) is 0. The van der Waals surface area contributed by atoms with Crippen LogP contribution in [0.5, 0.6) is 17.5 Å². The number of hydrogen-bond donors (Lipinski definition) is 2. The highest BCUT2D eigenvalue weighted by molar-refractivity contribution is 6.06. The van der Waals surface area contributed by atoms with Crippen molar-refractivity contribution in [3.63, 3.8) is 0 Å². The van der Waals surface area contributed by atoms with Crippen molar-refractivity contribution in [2.75, 3.05) is 32.0 Å². The van der Waals surface area contributed by atoms with Crippen LogP contribution in [0.3, 0.4) is 0 Å². The lowest BCUT2D eigenvalue weighted by Gasteiger charge is -2.38. The molecule has 2 aromatic heterocycles. The van der Waals surface area contributed by atoms with Crippen molar-refractivity contribution in [1.82, 2.24) is 9.97 Å². The SMILES string of the molecule is COc1ccc(C2(C)Nc3nc(OC)cc4c(C#N)c(OC)nc(c34)N2)cc1. The van der Waals surface area contributed by atoms with Crippen LogP contribution in [0.25, 0.3) is 10.8 Å². The molecule has 8 heteroatoms. The van der Waals surface area contributed by atoms with Crippen LogP contribution in [0.4, 0.5) is 11.6 Å². The second-order valence-corrected chi connectivity index (χ2v) is 6.50. The molecule has 1 aliphatic heterocycles. The molecule has 0 aliphatic carbocycles. The number of nitriles is 1. The minimum atomic E-state index is -0.697. The fraction of sp³-hybridized carbons (Fsp3) is 0.250. The van der Waals surface area contributed by atoms with Crippen LogP contribution in [0.1, 0.15) is 18.1 Å². The number of hydrogen-bond acceptors (Lipinski definition) is 8. The topological polar surface area (TPSA) is 101 Å². The number of anilines is 2. The molecule has 0 spiro atoms. The van der Waals surface area contributed by atoms with E-state index in [1.54, 1.807) is 13.2 Å². The van der Waals surface area contributed by atoms with E-state index in [4.69, 9.17) is 14.2 Å². The van der Waals surface area contributed by atoms with Crippen molar-refractivity contribution in [3.8, 4) is 23.6 Å². The van der Waals surface area contributed by atoms with E-state index in [0.717, 1.165) is 11.3 Å². The van der Waals surface area contributed by atoms with E-state index < -0.39 is 5.66 Å². The van der Waals surface area contributed by atoms with Gasteiger partial charge in [0.15, 0.2) is 0 Å². The minimum Gasteiger partial charge on any atom is -0.497 e. The number of nitrogens with one attached hydrogen (secondary N) is 2. The van der Waals surface area contributed by atoms with E-state index in [-0.39, 0.29) is 5.88 Å². The molecule has 0 bridgehead atoms. The number of aromatic nitrogens is 2. The maximum atomic E-state index is 9.63. The van der Waals surface area contributed by atoms with Crippen LogP contribution < -0.4 is 24.8 Å². The molecule has 28 heavy (non-hydrogen) atoms. The Hall–Kier alpha value is -3.73. The van der Waals surface area contributed by atoms with Crippen molar-refractivity contribution >= 4 is 22.4 Å². The van der Waals surface area contributed by atoms with Gasteiger partial charge in [-0.3, -0.25) is 0 Å². The lowest BCUT2D eigenvalue weighted by atomic mass is 9.97. The predicted octanol–water partition coefficient (Wildman–Crippen LogP) is 3.24. The van der Waals surface area contributed by atoms with Gasteiger partial charge in [-0.15, -0.1) is 0 Å². The maximum Gasteiger partial charge on any atom is 0.234 e. The van der Waals surface area contributed by atoms with Crippen molar-refractivity contribution in [2.24, 2.45) is 0 Å². The van der Waals surface area contributed by atoms with Crippen LogP contribution in [0.15, 0.2) is 30.3 Å². The first-order valence-corrected chi connectivity index (χ1v) is 8.60. The molecule has 0 amide bonds. The Morgan fingerprint density at radius 1 is 0.964 bits per heavy atom. The number of pyridine rings is 2. The zero-order valence-electron chi connectivity index (χ0n) is 16.0. The molecule has 0 saturated heterocycles.